The number of nitrogens with two attached hydrogens (primary N) is 1. The van der Waals surface area contributed by atoms with Gasteiger partial charge in [-0.25, -0.2) is 0 Å². The summed E-state index contributed by atoms with van der Waals surface area (Å²) in [4.78, 5) is 4.35. The molecule has 0 aliphatic heterocycles. The van der Waals surface area contributed by atoms with Gasteiger partial charge in [0.15, 0.2) is 5.82 Å². The number of halogens is 2. The number of ether oxygens (including phenoxy) is 1. The molecule has 2 aromatic rings. The van der Waals surface area contributed by atoms with Crippen LogP contribution in [-0.4, -0.2) is 22.9 Å². The van der Waals surface area contributed by atoms with E-state index >= 15 is 0 Å². The topological polar surface area (TPSA) is 74.2 Å². The summed E-state index contributed by atoms with van der Waals surface area (Å²) in [5, 5.41) is 4.53. The minimum atomic E-state index is -0.818. The maximum atomic E-state index is 6.19. The highest BCUT2D eigenvalue weighted by Gasteiger charge is 2.28. The Morgan fingerprint density at radius 3 is 2.76 bits per heavy atom. The summed E-state index contributed by atoms with van der Waals surface area (Å²) in [5.41, 5.74) is 6.10. The second-order valence-corrected chi connectivity index (χ2v) is 6.71. The molecule has 0 radical (unpaired) electrons. The molecular weight excluding hydrogens is 358 g/mol. The molecule has 1 heterocycles. The standard InChI is InChI=1S/C14H17BrClN3O2/c1-8(2)20-7-14(3,17)13-18-12(21-19-13)9-4-10(15)6-11(16)5-9/h4-6,8H,7,17H2,1-3H3. The van der Waals surface area contributed by atoms with Crippen molar-refractivity contribution in [2.24, 2.45) is 5.73 Å². The Labute approximate surface area is 136 Å². The van der Waals surface area contributed by atoms with Crippen LogP contribution >= 0.6 is 27.5 Å². The summed E-state index contributed by atoms with van der Waals surface area (Å²) in [6, 6.07) is 5.38. The first kappa shape index (κ1) is 16.4. The molecular formula is C14H17BrClN3O2. The largest absolute Gasteiger partial charge is 0.376 e. The molecule has 0 amide bonds. The number of benzene rings is 1. The lowest BCUT2D eigenvalue weighted by Crippen LogP contribution is -2.40. The zero-order valence-corrected chi connectivity index (χ0v) is 14.4. The van der Waals surface area contributed by atoms with Crippen LogP contribution in [0.2, 0.25) is 5.02 Å². The van der Waals surface area contributed by atoms with Gasteiger partial charge in [0.05, 0.1) is 12.7 Å². The van der Waals surface area contributed by atoms with Crippen molar-refractivity contribution in [3.8, 4) is 11.5 Å². The van der Waals surface area contributed by atoms with Crippen LogP contribution in [-0.2, 0) is 10.3 Å². The Bertz CT molecular complexity index is 608. The van der Waals surface area contributed by atoms with Crippen molar-refractivity contribution >= 4 is 27.5 Å². The predicted octanol–water partition coefficient (Wildman–Crippen LogP) is 3.75. The predicted molar refractivity (Wildman–Crippen MR) is 85.1 cm³/mol. The van der Waals surface area contributed by atoms with Crippen molar-refractivity contribution in [2.45, 2.75) is 32.4 Å². The Balaban J connectivity index is 2.24. The van der Waals surface area contributed by atoms with Crippen LogP contribution in [0.15, 0.2) is 27.2 Å². The Morgan fingerprint density at radius 1 is 1.43 bits per heavy atom. The van der Waals surface area contributed by atoms with Crippen molar-refractivity contribution in [1.29, 1.82) is 0 Å². The van der Waals surface area contributed by atoms with E-state index in [-0.39, 0.29) is 6.10 Å². The van der Waals surface area contributed by atoms with E-state index in [1.54, 1.807) is 19.1 Å². The van der Waals surface area contributed by atoms with Crippen molar-refractivity contribution in [3.63, 3.8) is 0 Å². The van der Waals surface area contributed by atoms with Crippen molar-refractivity contribution in [3.05, 3.63) is 33.5 Å². The minimum Gasteiger partial charge on any atom is -0.376 e. The molecule has 5 nitrogen and oxygen atoms in total. The molecule has 0 saturated carbocycles. The van der Waals surface area contributed by atoms with E-state index < -0.39 is 5.54 Å². The van der Waals surface area contributed by atoms with Crippen LogP contribution in [0.1, 0.15) is 26.6 Å². The van der Waals surface area contributed by atoms with Gasteiger partial charge in [0.25, 0.3) is 5.89 Å². The molecule has 0 fully saturated rings. The summed E-state index contributed by atoms with van der Waals surface area (Å²) in [6.07, 6.45) is 0.0862. The Hall–Kier alpha value is -0.950. The molecule has 1 atom stereocenters. The van der Waals surface area contributed by atoms with Crippen LogP contribution in [0.4, 0.5) is 0 Å². The molecule has 7 heteroatoms. The van der Waals surface area contributed by atoms with Crippen LogP contribution in [0.3, 0.4) is 0 Å². The minimum absolute atomic E-state index is 0.0862. The molecule has 114 valence electrons. The first-order valence-electron chi connectivity index (χ1n) is 6.49. The van der Waals surface area contributed by atoms with Gasteiger partial charge in [0.2, 0.25) is 0 Å². The fourth-order valence-corrected chi connectivity index (χ4v) is 2.51. The lowest BCUT2D eigenvalue weighted by Gasteiger charge is -2.21. The summed E-state index contributed by atoms with van der Waals surface area (Å²) < 4.78 is 11.7. The molecule has 2 N–H and O–H groups in total. The molecule has 1 aromatic heterocycles. The molecule has 0 saturated heterocycles. The maximum Gasteiger partial charge on any atom is 0.258 e. The highest BCUT2D eigenvalue weighted by molar-refractivity contribution is 9.10. The van der Waals surface area contributed by atoms with E-state index in [1.807, 2.05) is 19.9 Å². The fraction of sp³-hybridized carbons (Fsp3) is 0.429. The highest BCUT2D eigenvalue weighted by Crippen LogP contribution is 2.27. The van der Waals surface area contributed by atoms with Gasteiger partial charge in [-0.1, -0.05) is 32.7 Å². The van der Waals surface area contributed by atoms with Crippen molar-refractivity contribution < 1.29 is 9.26 Å². The zero-order valence-electron chi connectivity index (χ0n) is 12.1. The first-order valence-corrected chi connectivity index (χ1v) is 7.66. The SMILES string of the molecule is CC(C)OCC(C)(N)c1noc(-c2cc(Cl)cc(Br)c2)n1. The van der Waals surface area contributed by atoms with E-state index in [4.69, 9.17) is 26.6 Å². The molecule has 1 unspecified atom stereocenters. The van der Waals surface area contributed by atoms with Crippen LogP contribution in [0.25, 0.3) is 11.5 Å². The van der Waals surface area contributed by atoms with E-state index in [0.29, 0.717) is 23.3 Å². The van der Waals surface area contributed by atoms with Gasteiger partial charge >= 0.3 is 0 Å². The fourth-order valence-electron chi connectivity index (χ4n) is 1.65. The number of nitrogens with zero attached hydrogens (tertiary/aromatic N) is 2. The first-order chi connectivity index (χ1) is 9.78. The summed E-state index contributed by atoms with van der Waals surface area (Å²) in [5.74, 6) is 0.767. The monoisotopic (exact) mass is 373 g/mol. The summed E-state index contributed by atoms with van der Waals surface area (Å²) >= 11 is 9.40. The van der Waals surface area contributed by atoms with Crippen molar-refractivity contribution in [2.75, 3.05) is 6.61 Å². The van der Waals surface area contributed by atoms with Gasteiger partial charge in [0, 0.05) is 15.1 Å². The highest BCUT2D eigenvalue weighted by atomic mass is 79.9. The third-order valence-corrected chi connectivity index (χ3v) is 3.44. The number of rotatable bonds is 5. The number of hydrogen-bond acceptors (Lipinski definition) is 5. The van der Waals surface area contributed by atoms with E-state index in [1.165, 1.54) is 0 Å². The quantitative estimate of drug-likeness (QED) is 0.862. The molecule has 0 aliphatic rings. The second kappa shape index (κ2) is 6.44. The van der Waals surface area contributed by atoms with Gasteiger partial charge in [-0.05, 0) is 39.0 Å². The normalized spacial score (nSPS) is 14.4. The average molecular weight is 375 g/mol. The van der Waals surface area contributed by atoms with Crippen LogP contribution in [0.5, 0.6) is 0 Å². The van der Waals surface area contributed by atoms with Gasteiger partial charge in [-0.15, -0.1) is 0 Å². The second-order valence-electron chi connectivity index (χ2n) is 5.36. The molecule has 0 aliphatic carbocycles. The van der Waals surface area contributed by atoms with Gasteiger partial charge in [-0.2, -0.15) is 4.98 Å². The lowest BCUT2D eigenvalue weighted by atomic mass is 10.1. The van der Waals surface area contributed by atoms with E-state index in [9.17, 15) is 0 Å². The molecule has 21 heavy (non-hydrogen) atoms. The van der Waals surface area contributed by atoms with Gasteiger partial charge in [-0.3, -0.25) is 0 Å². The molecule has 2 rings (SSSR count). The number of hydrogen-bond donors (Lipinski definition) is 1. The van der Waals surface area contributed by atoms with E-state index in [0.717, 1.165) is 10.0 Å². The summed E-state index contributed by atoms with van der Waals surface area (Å²) in [6.45, 7) is 6.00. The molecule has 0 spiro atoms. The molecule has 1 aromatic carbocycles. The lowest BCUT2D eigenvalue weighted by molar-refractivity contribution is 0.0410. The Morgan fingerprint density at radius 2 is 2.14 bits per heavy atom. The average Bonchev–Trinajstić information content (AvgIpc) is 2.85. The van der Waals surface area contributed by atoms with Gasteiger partial charge in [0.1, 0.15) is 5.54 Å². The third-order valence-electron chi connectivity index (χ3n) is 2.76. The van der Waals surface area contributed by atoms with Crippen LogP contribution in [0, 0.1) is 0 Å². The van der Waals surface area contributed by atoms with Crippen LogP contribution < -0.4 is 5.73 Å². The zero-order chi connectivity index (χ0) is 15.6. The smallest absolute Gasteiger partial charge is 0.258 e. The van der Waals surface area contributed by atoms with Crippen molar-refractivity contribution in [1.82, 2.24) is 10.1 Å². The third kappa shape index (κ3) is 4.26. The summed E-state index contributed by atoms with van der Waals surface area (Å²) in [7, 11) is 0. The number of aromatic nitrogens is 2. The maximum absolute atomic E-state index is 6.19. The molecule has 0 bridgehead atoms. The Kier molecular flexibility index (Phi) is 5.03. The van der Waals surface area contributed by atoms with E-state index in [2.05, 4.69) is 26.1 Å². The van der Waals surface area contributed by atoms with Gasteiger partial charge < -0.3 is 15.0 Å².